The summed E-state index contributed by atoms with van der Waals surface area (Å²) in [6, 6.07) is 13.1. The molecular formula is C26H28N2O6. The van der Waals surface area contributed by atoms with Crippen LogP contribution >= 0.6 is 0 Å². The zero-order valence-electron chi connectivity index (χ0n) is 19.3. The predicted molar refractivity (Wildman–Crippen MR) is 125 cm³/mol. The van der Waals surface area contributed by atoms with Crippen LogP contribution in [0.2, 0.25) is 0 Å². The van der Waals surface area contributed by atoms with Gasteiger partial charge in [0.1, 0.15) is 5.75 Å². The Balaban J connectivity index is 1.37. The van der Waals surface area contributed by atoms with Gasteiger partial charge in [-0.1, -0.05) is 13.0 Å². The Bertz CT molecular complexity index is 1100. The minimum Gasteiger partial charge on any atom is -0.494 e. The average Bonchev–Trinajstić information content (AvgIpc) is 3.08. The standard InChI is InChI=1S/C26H28N2O6/c1-3-33-20-10-8-18(9-11-20)27-23(29)15-34-26(32)17-5-4-6-19(14-17)28-24(30)21-12-7-16(2)13-22(21)25(28)31/h4-6,8-11,14,16,21-22H,3,7,12-13,15H2,1-2H3,(H,27,29)/t16-,21-,22+/m1/s1. The fourth-order valence-electron chi connectivity index (χ4n) is 4.63. The first-order chi connectivity index (χ1) is 16.4. The number of amides is 3. The number of anilines is 2. The first kappa shape index (κ1) is 23.5. The smallest absolute Gasteiger partial charge is 0.338 e. The Labute approximate surface area is 198 Å². The molecule has 1 saturated heterocycles. The van der Waals surface area contributed by atoms with E-state index in [0.29, 0.717) is 42.5 Å². The van der Waals surface area contributed by atoms with E-state index in [4.69, 9.17) is 9.47 Å². The van der Waals surface area contributed by atoms with Crippen LogP contribution in [-0.4, -0.2) is 36.9 Å². The van der Waals surface area contributed by atoms with Crippen LogP contribution in [0.1, 0.15) is 43.5 Å². The van der Waals surface area contributed by atoms with Crippen LogP contribution in [0.3, 0.4) is 0 Å². The van der Waals surface area contributed by atoms with Gasteiger partial charge >= 0.3 is 5.97 Å². The summed E-state index contributed by atoms with van der Waals surface area (Å²) in [5.74, 6) is -1.10. The molecule has 1 N–H and O–H groups in total. The lowest BCUT2D eigenvalue weighted by atomic mass is 9.76. The molecule has 2 fully saturated rings. The minimum absolute atomic E-state index is 0.162. The quantitative estimate of drug-likeness (QED) is 0.494. The summed E-state index contributed by atoms with van der Waals surface area (Å²) in [5, 5.41) is 2.65. The van der Waals surface area contributed by atoms with Gasteiger partial charge in [0, 0.05) is 5.69 Å². The van der Waals surface area contributed by atoms with E-state index in [1.165, 1.54) is 17.0 Å². The number of carbonyl (C=O) groups excluding carboxylic acids is 4. The molecule has 34 heavy (non-hydrogen) atoms. The summed E-state index contributed by atoms with van der Waals surface area (Å²) in [5.41, 5.74) is 1.06. The van der Waals surface area contributed by atoms with Crippen LogP contribution in [0.25, 0.3) is 0 Å². The Hall–Kier alpha value is -3.68. The number of rotatable bonds is 7. The third-order valence-corrected chi connectivity index (χ3v) is 6.31. The van der Waals surface area contributed by atoms with E-state index in [0.717, 1.165) is 6.42 Å². The summed E-state index contributed by atoms with van der Waals surface area (Å²) >= 11 is 0. The van der Waals surface area contributed by atoms with E-state index < -0.39 is 18.5 Å². The normalized spacial score (nSPS) is 21.7. The third kappa shape index (κ3) is 4.95. The van der Waals surface area contributed by atoms with Gasteiger partial charge in [0.15, 0.2) is 6.61 Å². The van der Waals surface area contributed by atoms with Gasteiger partial charge < -0.3 is 14.8 Å². The van der Waals surface area contributed by atoms with E-state index in [1.807, 2.05) is 6.92 Å². The molecule has 2 aliphatic rings. The molecule has 0 spiro atoms. The fraction of sp³-hybridized carbons (Fsp3) is 0.385. The number of benzene rings is 2. The van der Waals surface area contributed by atoms with Crippen LogP contribution in [0.5, 0.6) is 5.75 Å². The predicted octanol–water partition coefficient (Wildman–Crippen LogP) is 3.81. The van der Waals surface area contributed by atoms with Gasteiger partial charge in [0.05, 0.1) is 29.7 Å². The Morgan fingerprint density at radius 1 is 1.03 bits per heavy atom. The van der Waals surface area contributed by atoms with Crippen LogP contribution in [0.15, 0.2) is 48.5 Å². The molecule has 0 unspecified atom stereocenters. The number of ether oxygens (including phenoxy) is 2. The van der Waals surface area contributed by atoms with Gasteiger partial charge in [0.2, 0.25) is 11.8 Å². The number of esters is 1. The summed E-state index contributed by atoms with van der Waals surface area (Å²) < 4.78 is 10.5. The number of fused-ring (bicyclic) bond motifs is 1. The van der Waals surface area contributed by atoms with Gasteiger partial charge in [-0.3, -0.25) is 19.3 Å². The van der Waals surface area contributed by atoms with Crippen molar-refractivity contribution in [3.8, 4) is 5.75 Å². The molecule has 3 amide bonds. The summed E-state index contributed by atoms with van der Waals surface area (Å²) in [6.45, 7) is 4.05. The van der Waals surface area contributed by atoms with E-state index >= 15 is 0 Å². The van der Waals surface area contributed by atoms with Crippen LogP contribution in [0.4, 0.5) is 11.4 Å². The molecule has 0 aromatic heterocycles. The van der Waals surface area contributed by atoms with Gasteiger partial charge in [0.25, 0.3) is 5.91 Å². The molecule has 4 rings (SSSR count). The molecule has 1 heterocycles. The summed E-state index contributed by atoms with van der Waals surface area (Å²) in [6.07, 6.45) is 2.34. The van der Waals surface area contributed by atoms with Gasteiger partial charge in [-0.05, 0) is 74.6 Å². The van der Waals surface area contributed by atoms with Gasteiger partial charge in [-0.2, -0.15) is 0 Å². The second-order valence-electron chi connectivity index (χ2n) is 8.78. The van der Waals surface area contributed by atoms with E-state index in [2.05, 4.69) is 12.2 Å². The second kappa shape index (κ2) is 10.1. The number of hydrogen-bond acceptors (Lipinski definition) is 6. The van der Waals surface area contributed by atoms with E-state index in [9.17, 15) is 19.2 Å². The van der Waals surface area contributed by atoms with Crippen molar-refractivity contribution >= 4 is 35.1 Å². The molecule has 1 aliphatic heterocycles. The molecule has 178 valence electrons. The highest BCUT2D eigenvalue weighted by Gasteiger charge is 2.50. The highest BCUT2D eigenvalue weighted by atomic mass is 16.5. The molecule has 1 saturated carbocycles. The highest BCUT2D eigenvalue weighted by molar-refractivity contribution is 6.22. The number of nitrogens with one attached hydrogen (secondary N) is 1. The first-order valence-electron chi connectivity index (χ1n) is 11.5. The average molecular weight is 465 g/mol. The van der Waals surface area contributed by atoms with Crippen LogP contribution in [0, 0.1) is 17.8 Å². The van der Waals surface area contributed by atoms with Crippen molar-refractivity contribution in [1.82, 2.24) is 0 Å². The van der Waals surface area contributed by atoms with Crippen LogP contribution < -0.4 is 15.0 Å². The maximum Gasteiger partial charge on any atom is 0.338 e. The Kier molecular flexibility index (Phi) is 6.95. The number of imide groups is 1. The molecule has 2 aromatic rings. The molecule has 0 bridgehead atoms. The van der Waals surface area contributed by atoms with Crippen molar-refractivity contribution in [2.75, 3.05) is 23.4 Å². The topological polar surface area (TPSA) is 102 Å². The molecule has 8 heteroatoms. The third-order valence-electron chi connectivity index (χ3n) is 6.31. The van der Waals surface area contributed by atoms with Gasteiger partial charge in [-0.15, -0.1) is 0 Å². The maximum absolute atomic E-state index is 13.0. The number of hydrogen-bond donors (Lipinski definition) is 1. The molecule has 8 nitrogen and oxygen atoms in total. The zero-order valence-corrected chi connectivity index (χ0v) is 19.3. The highest BCUT2D eigenvalue weighted by Crippen LogP contribution is 2.42. The van der Waals surface area contributed by atoms with E-state index in [-0.39, 0.29) is 29.2 Å². The zero-order chi connectivity index (χ0) is 24.2. The van der Waals surface area contributed by atoms with Crippen molar-refractivity contribution in [1.29, 1.82) is 0 Å². The molecule has 0 radical (unpaired) electrons. The van der Waals surface area contributed by atoms with Crippen molar-refractivity contribution < 1.29 is 28.7 Å². The first-order valence-corrected chi connectivity index (χ1v) is 11.5. The molecular weight excluding hydrogens is 436 g/mol. The SMILES string of the molecule is CCOc1ccc(NC(=O)COC(=O)c2cccc(N3C(=O)[C@H]4C[C@H](C)CC[C@H]4C3=O)c2)cc1. The van der Waals surface area contributed by atoms with Gasteiger partial charge in [-0.25, -0.2) is 4.79 Å². The summed E-state index contributed by atoms with van der Waals surface area (Å²) in [4.78, 5) is 51.8. The second-order valence-corrected chi connectivity index (χ2v) is 8.78. The monoisotopic (exact) mass is 464 g/mol. The molecule has 3 atom stereocenters. The largest absolute Gasteiger partial charge is 0.494 e. The molecule has 1 aliphatic carbocycles. The number of carbonyl (C=O) groups is 4. The van der Waals surface area contributed by atoms with Crippen molar-refractivity contribution in [3.05, 3.63) is 54.1 Å². The Morgan fingerprint density at radius 3 is 2.50 bits per heavy atom. The Morgan fingerprint density at radius 2 is 1.76 bits per heavy atom. The lowest BCUT2D eigenvalue weighted by molar-refractivity contribution is -0.122. The lowest BCUT2D eigenvalue weighted by Gasteiger charge is -2.25. The van der Waals surface area contributed by atoms with Crippen molar-refractivity contribution in [2.24, 2.45) is 17.8 Å². The lowest BCUT2D eigenvalue weighted by Crippen LogP contribution is -2.31. The summed E-state index contributed by atoms with van der Waals surface area (Å²) in [7, 11) is 0. The van der Waals surface area contributed by atoms with Crippen molar-refractivity contribution in [3.63, 3.8) is 0 Å². The molecule has 2 aromatic carbocycles. The number of nitrogens with zero attached hydrogens (tertiary/aromatic N) is 1. The van der Waals surface area contributed by atoms with Crippen LogP contribution in [-0.2, 0) is 19.1 Å². The van der Waals surface area contributed by atoms with Crippen molar-refractivity contribution in [2.45, 2.75) is 33.1 Å². The maximum atomic E-state index is 13.0. The minimum atomic E-state index is -0.714. The van der Waals surface area contributed by atoms with E-state index in [1.54, 1.807) is 36.4 Å². The fourth-order valence-corrected chi connectivity index (χ4v) is 4.63.